The number of rotatable bonds is 3. The van der Waals surface area contributed by atoms with E-state index in [-0.39, 0.29) is 5.54 Å². The van der Waals surface area contributed by atoms with E-state index in [0.717, 1.165) is 32.2 Å². The number of nitrogens with zero attached hydrogens (tertiary/aromatic N) is 1. The van der Waals surface area contributed by atoms with Crippen molar-refractivity contribution in [3.05, 3.63) is 0 Å². The van der Waals surface area contributed by atoms with Gasteiger partial charge in [-0.1, -0.05) is 0 Å². The molecule has 2 heterocycles. The second kappa shape index (κ2) is 5.29. The SMILES string of the molecule is C[Si](C)(C)OCC12CO[Si](C)(C)CN1C[Si](C)(C)OC2. The van der Waals surface area contributed by atoms with Gasteiger partial charge < -0.3 is 13.3 Å². The normalized spacial score (nSPS) is 28.9. The fraction of sp³-hybridized carbons (Fsp3) is 1.00. The Labute approximate surface area is 127 Å². The van der Waals surface area contributed by atoms with E-state index in [2.05, 4.69) is 50.7 Å². The minimum Gasteiger partial charge on any atom is -0.416 e. The third-order valence-corrected chi connectivity index (χ3v) is 9.20. The van der Waals surface area contributed by atoms with E-state index in [4.69, 9.17) is 13.3 Å². The molecule has 0 saturated carbocycles. The zero-order valence-electron chi connectivity index (χ0n) is 14.2. The third-order valence-electron chi connectivity index (χ3n) is 4.05. The molecule has 0 aliphatic carbocycles. The molecule has 7 heteroatoms. The predicted octanol–water partition coefficient (Wildman–Crippen LogP) is 2.43. The Morgan fingerprint density at radius 2 is 1.45 bits per heavy atom. The molecule has 0 bridgehead atoms. The van der Waals surface area contributed by atoms with Crippen molar-refractivity contribution in [2.45, 2.75) is 51.4 Å². The van der Waals surface area contributed by atoms with Gasteiger partial charge in [0.1, 0.15) is 0 Å². The van der Waals surface area contributed by atoms with Crippen LogP contribution in [0.1, 0.15) is 0 Å². The van der Waals surface area contributed by atoms with Crippen LogP contribution >= 0.6 is 0 Å². The maximum Gasteiger partial charge on any atom is 0.200 e. The van der Waals surface area contributed by atoms with Gasteiger partial charge in [-0.2, -0.15) is 0 Å². The Balaban J connectivity index is 2.15. The predicted molar refractivity (Wildman–Crippen MR) is 90.5 cm³/mol. The second-order valence-corrected chi connectivity index (χ2v) is 21.3. The lowest BCUT2D eigenvalue weighted by Crippen LogP contribution is -2.74. The van der Waals surface area contributed by atoms with E-state index in [9.17, 15) is 0 Å². The van der Waals surface area contributed by atoms with E-state index < -0.39 is 25.0 Å². The molecule has 0 amide bonds. The molecule has 2 fully saturated rings. The maximum atomic E-state index is 6.24. The Morgan fingerprint density at radius 1 is 1.00 bits per heavy atom. The second-order valence-electron chi connectivity index (χ2n) is 8.58. The minimum atomic E-state index is -1.53. The summed E-state index contributed by atoms with van der Waals surface area (Å²) < 4.78 is 18.7. The van der Waals surface area contributed by atoms with Crippen molar-refractivity contribution in [3.63, 3.8) is 0 Å². The van der Waals surface area contributed by atoms with Crippen LogP contribution in [0.15, 0.2) is 0 Å². The van der Waals surface area contributed by atoms with Crippen LogP contribution in [0.25, 0.3) is 0 Å². The van der Waals surface area contributed by atoms with Crippen LogP contribution in [0.4, 0.5) is 0 Å². The van der Waals surface area contributed by atoms with Gasteiger partial charge in [-0.05, 0) is 45.8 Å². The van der Waals surface area contributed by atoms with Crippen LogP contribution in [0.3, 0.4) is 0 Å². The van der Waals surface area contributed by atoms with Crippen molar-refractivity contribution in [1.29, 1.82) is 0 Å². The van der Waals surface area contributed by atoms with E-state index >= 15 is 0 Å². The highest BCUT2D eigenvalue weighted by molar-refractivity contribution is 6.73. The summed E-state index contributed by atoms with van der Waals surface area (Å²) in [6, 6.07) is 0. The molecule has 2 aliphatic rings. The van der Waals surface area contributed by atoms with Crippen LogP contribution in [-0.4, -0.2) is 67.5 Å². The van der Waals surface area contributed by atoms with Crippen molar-refractivity contribution in [2.24, 2.45) is 0 Å². The summed E-state index contributed by atoms with van der Waals surface area (Å²) in [4.78, 5) is 2.67. The summed E-state index contributed by atoms with van der Waals surface area (Å²) in [6.07, 6.45) is 2.23. The van der Waals surface area contributed by atoms with E-state index in [1.54, 1.807) is 0 Å². The van der Waals surface area contributed by atoms with Crippen LogP contribution in [0.5, 0.6) is 0 Å². The lowest BCUT2D eigenvalue weighted by Gasteiger charge is -2.56. The fourth-order valence-electron chi connectivity index (χ4n) is 2.81. The highest BCUT2D eigenvalue weighted by atomic mass is 28.4. The van der Waals surface area contributed by atoms with Gasteiger partial charge in [-0.15, -0.1) is 0 Å². The number of fused-ring (bicyclic) bond motifs is 1. The summed E-state index contributed by atoms with van der Waals surface area (Å²) in [7, 11) is -4.58. The number of hydrogen-bond donors (Lipinski definition) is 0. The Morgan fingerprint density at radius 3 is 1.85 bits per heavy atom. The van der Waals surface area contributed by atoms with Crippen molar-refractivity contribution in [3.8, 4) is 0 Å². The van der Waals surface area contributed by atoms with Crippen molar-refractivity contribution in [1.82, 2.24) is 4.90 Å². The monoisotopic (exact) mass is 333 g/mol. The first-order chi connectivity index (χ1) is 8.93. The fourth-order valence-corrected chi connectivity index (χ4v) is 7.97. The zero-order chi connectivity index (χ0) is 15.2. The van der Waals surface area contributed by atoms with E-state index in [1.165, 1.54) is 0 Å². The quantitative estimate of drug-likeness (QED) is 0.742. The van der Waals surface area contributed by atoms with Crippen LogP contribution in [0, 0.1) is 0 Å². The maximum absolute atomic E-state index is 6.24. The smallest absolute Gasteiger partial charge is 0.200 e. The van der Waals surface area contributed by atoms with Gasteiger partial charge in [0.25, 0.3) is 0 Å². The van der Waals surface area contributed by atoms with Gasteiger partial charge in [0.15, 0.2) is 8.32 Å². The summed E-state index contributed by atoms with van der Waals surface area (Å²) in [5, 5.41) is 0. The third kappa shape index (κ3) is 4.02. The topological polar surface area (TPSA) is 30.9 Å². The standard InChI is InChI=1S/C13H31NO3Si3/c1-18(2,3)15-8-13-9-16-19(4,5)11-14(13)12-20(6,7)17-10-13/h8-12H2,1-7H3. The first-order valence-corrected chi connectivity index (χ1v) is 17.2. The molecule has 2 rings (SSSR count). The molecule has 2 saturated heterocycles. The molecule has 20 heavy (non-hydrogen) atoms. The summed E-state index contributed by atoms with van der Waals surface area (Å²) in [5.41, 5.74) is -0.0364. The molecule has 0 atom stereocenters. The van der Waals surface area contributed by atoms with Gasteiger partial charge in [-0.3, -0.25) is 4.90 Å². The van der Waals surface area contributed by atoms with Gasteiger partial charge in [0, 0.05) is 12.3 Å². The van der Waals surface area contributed by atoms with Gasteiger partial charge in [0.2, 0.25) is 16.6 Å². The number of hydrogen-bond acceptors (Lipinski definition) is 4. The molecule has 0 N–H and O–H groups in total. The molecular formula is C13H31NO3Si3. The van der Waals surface area contributed by atoms with Crippen molar-refractivity contribution < 1.29 is 13.3 Å². The lowest BCUT2D eigenvalue weighted by molar-refractivity contribution is -0.0589. The van der Waals surface area contributed by atoms with Gasteiger partial charge in [0.05, 0.1) is 25.4 Å². The lowest BCUT2D eigenvalue weighted by atomic mass is 10.0. The molecule has 0 spiro atoms. The summed E-state index contributed by atoms with van der Waals surface area (Å²) >= 11 is 0. The summed E-state index contributed by atoms with van der Waals surface area (Å²) in [6.45, 7) is 18.3. The summed E-state index contributed by atoms with van der Waals surface area (Å²) in [5.74, 6) is 0. The first-order valence-electron chi connectivity index (χ1n) is 7.60. The molecule has 4 nitrogen and oxygen atoms in total. The van der Waals surface area contributed by atoms with Crippen LogP contribution in [-0.2, 0) is 13.3 Å². The van der Waals surface area contributed by atoms with Crippen LogP contribution < -0.4 is 0 Å². The Kier molecular flexibility index (Phi) is 4.46. The Hall–Kier alpha value is 0.491. The molecule has 118 valence electrons. The van der Waals surface area contributed by atoms with Gasteiger partial charge in [-0.25, -0.2) is 0 Å². The molecule has 0 unspecified atom stereocenters. The van der Waals surface area contributed by atoms with E-state index in [1.807, 2.05) is 0 Å². The Bertz CT molecular complexity index is 346. The van der Waals surface area contributed by atoms with Gasteiger partial charge >= 0.3 is 0 Å². The van der Waals surface area contributed by atoms with E-state index in [0.29, 0.717) is 0 Å². The zero-order valence-corrected chi connectivity index (χ0v) is 17.2. The van der Waals surface area contributed by atoms with Crippen LogP contribution in [0.2, 0.25) is 45.8 Å². The molecule has 0 radical (unpaired) electrons. The molecule has 2 aliphatic heterocycles. The minimum absolute atomic E-state index is 0.0364. The highest BCUT2D eigenvalue weighted by Crippen LogP contribution is 2.33. The first kappa shape index (κ1) is 16.9. The molecule has 0 aromatic rings. The largest absolute Gasteiger partial charge is 0.416 e. The van der Waals surface area contributed by atoms with Crippen molar-refractivity contribution >= 4 is 25.0 Å². The molecule has 0 aromatic heterocycles. The average Bonchev–Trinajstić information content (AvgIpc) is 2.24. The molecule has 0 aromatic carbocycles. The molecular weight excluding hydrogens is 302 g/mol. The van der Waals surface area contributed by atoms with Crippen molar-refractivity contribution in [2.75, 3.05) is 32.2 Å². The highest BCUT2D eigenvalue weighted by Gasteiger charge is 2.52. The average molecular weight is 334 g/mol.